The molecule has 1 rings (SSSR count). The molecule has 0 amide bonds. The largest absolute Gasteiger partial charge is 0.299 e. The Morgan fingerprint density at radius 1 is 1.25 bits per heavy atom. The number of quaternary nitrogens is 1. The predicted molar refractivity (Wildman–Crippen MR) is 62.4 cm³/mol. The van der Waals surface area contributed by atoms with Gasteiger partial charge in [0.15, 0.2) is 6.54 Å². The first-order chi connectivity index (χ1) is 7.51. The van der Waals surface area contributed by atoms with Gasteiger partial charge in [-0.1, -0.05) is 23.7 Å². The smallest absolute Gasteiger partial charge is 0.202 e. The van der Waals surface area contributed by atoms with Gasteiger partial charge in [0, 0.05) is 10.6 Å². The van der Waals surface area contributed by atoms with Gasteiger partial charge in [-0.25, -0.2) is 0 Å². The van der Waals surface area contributed by atoms with Crippen LogP contribution in [0.1, 0.15) is 11.6 Å². The molecule has 1 atom stereocenters. The van der Waals surface area contributed by atoms with E-state index in [0.29, 0.717) is 16.1 Å². The van der Waals surface area contributed by atoms with E-state index in [0.717, 1.165) is 5.56 Å². The quantitative estimate of drug-likeness (QED) is 0.596. The molecule has 1 aromatic rings. The number of rotatable bonds is 3. The topological polar surface area (TPSA) is 47.6 Å². The third kappa shape index (κ3) is 2.73. The van der Waals surface area contributed by atoms with Crippen LogP contribution in [0.15, 0.2) is 24.3 Å². The summed E-state index contributed by atoms with van der Waals surface area (Å²) in [5.41, 5.74) is 0.882. The van der Waals surface area contributed by atoms with E-state index < -0.39 is 0 Å². The maximum Gasteiger partial charge on any atom is 0.202 e. The summed E-state index contributed by atoms with van der Waals surface area (Å²) in [5, 5.41) is 18.6. The minimum atomic E-state index is -0.350. The van der Waals surface area contributed by atoms with Crippen LogP contribution < -0.4 is 0 Å². The van der Waals surface area contributed by atoms with Crippen LogP contribution in [0.4, 0.5) is 0 Å². The summed E-state index contributed by atoms with van der Waals surface area (Å²) in [7, 11) is 3.73. The molecule has 0 aromatic heterocycles. The van der Waals surface area contributed by atoms with Crippen molar-refractivity contribution in [3.05, 3.63) is 34.9 Å². The van der Waals surface area contributed by atoms with Crippen LogP contribution in [-0.4, -0.2) is 25.1 Å². The van der Waals surface area contributed by atoms with Crippen molar-refractivity contribution in [2.45, 2.75) is 6.04 Å². The van der Waals surface area contributed by atoms with Gasteiger partial charge >= 0.3 is 0 Å². The molecule has 82 valence electrons. The molecular weight excluding hydrogens is 222 g/mol. The molecule has 0 spiro atoms. The van der Waals surface area contributed by atoms with Gasteiger partial charge < -0.3 is 0 Å². The molecule has 0 bridgehead atoms. The predicted octanol–water partition coefficient (Wildman–Crippen LogP) is 2.50. The first kappa shape index (κ1) is 12.5. The average molecular weight is 235 g/mol. The molecule has 0 radical (unpaired) electrons. The summed E-state index contributed by atoms with van der Waals surface area (Å²) >= 11 is 5.79. The Kier molecular flexibility index (Phi) is 3.90. The second-order valence-corrected chi connectivity index (χ2v) is 4.61. The Morgan fingerprint density at radius 3 is 2.25 bits per heavy atom. The van der Waals surface area contributed by atoms with E-state index in [-0.39, 0.29) is 6.04 Å². The zero-order chi connectivity index (χ0) is 12.2. The maximum atomic E-state index is 9.20. The van der Waals surface area contributed by atoms with Gasteiger partial charge in [0.25, 0.3) is 0 Å². The lowest BCUT2D eigenvalue weighted by atomic mass is 10.1. The molecule has 3 nitrogen and oxygen atoms in total. The van der Waals surface area contributed by atoms with Crippen LogP contribution >= 0.6 is 11.6 Å². The Morgan fingerprint density at radius 2 is 1.81 bits per heavy atom. The summed E-state index contributed by atoms with van der Waals surface area (Å²) < 4.78 is 0.328. The van der Waals surface area contributed by atoms with E-state index in [4.69, 9.17) is 16.9 Å². The number of hydrogen-bond acceptors (Lipinski definition) is 2. The number of nitrogens with zero attached hydrogens (tertiary/aromatic N) is 3. The SMILES string of the molecule is C[N+](C)(CC#N)C(C#N)c1ccc(Cl)cc1. The highest BCUT2D eigenvalue weighted by Crippen LogP contribution is 2.25. The molecule has 1 unspecified atom stereocenters. The van der Waals surface area contributed by atoms with Crippen LogP contribution in [0.5, 0.6) is 0 Å². The van der Waals surface area contributed by atoms with Crippen molar-refractivity contribution in [3.63, 3.8) is 0 Å². The van der Waals surface area contributed by atoms with E-state index in [1.165, 1.54) is 0 Å². The van der Waals surface area contributed by atoms with Crippen LogP contribution in [0.25, 0.3) is 0 Å². The molecule has 0 N–H and O–H groups in total. The lowest BCUT2D eigenvalue weighted by Gasteiger charge is -2.31. The van der Waals surface area contributed by atoms with Crippen molar-refractivity contribution >= 4 is 11.6 Å². The molecule has 0 aliphatic heterocycles. The lowest BCUT2D eigenvalue weighted by Crippen LogP contribution is -2.42. The Hall–Kier alpha value is -1.55. The van der Waals surface area contributed by atoms with E-state index in [2.05, 4.69) is 12.1 Å². The zero-order valence-electron chi connectivity index (χ0n) is 9.31. The highest BCUT2D eigenvalue weighted by Gasteiger charge is 2.29. The van der Waals surface area contributed by atoms with Gasteiger partial charge in [0.05, 0.1) is 14.1 Å². The summed E-state index contributed by atoms with van der Waals surface area (Å²) in [6.45, 7) is 0.293. The first-order valence-electron chi connectivity index (χ1n) is 4.86. The number of halogens is 1. The fourth-order valence-corrected chi connectivity index (χ4v) is 1.68. The summed E-state index contributed by atoms with van der Waals surface area (Å²) in [6, 6.07) is 11.2. The Balaban J connectivity index is 3.05. The maximum absolute atomic E-state index is 9.20. The summed E-state index contributed by atoms with van der Waals surface area (Å²) in [5.74, 6) is 0. The summed E-state index contributed by atoms with van der Waals surface area (Å²) in [6.07, 6.45) is 0. The summed E-state index contributed by atoms with van der Waals surface area (Å²) in [4.78, 5) is 0. The molecule has 0 heterocycles. The minimum Gasteiger partial charge on any atom is -0.299 e. The number of hydrogen-bond donors (Lipinski definition) is 0. The average Bonchev–Trinajstić information content (AvgIpc) is 2.21. The highest BCUT2D eigenvalue weighted by molar-refractivity contribution is 6.30. The Labute approximate surface area is 101 Å². The Bertz CT molecular complexity index is 437. The van der Waals surface area contributed by atoms with Crippen LogP contribution in [-0.2, 0) is 0 Å². The van der Waals surface area contributed by atoms with E-state index in [1.54, 1.807) is 12.1 Å². The number of nitriles is 2. The molecule has 1 aromatic carbocycles. The van der Waals surface area contributed by atoms with Gasteiger partial charge in [0.1, 0.15) is 12.1 Å². The lowest BCUT2D eigenvalue weighted by molar-refractivity contribution is -0.906. The van der Waals surface area contributed by atoms with Crippen LogP contribution in [0.2, 0.25) is 5.02 Å². The minimum absolute atomic E-state index is 0.293. The van der Waals surface area contributed by atoms with Crippen molar-refractivity contribution in [2.24, 2.45) is 0 Å². The molecule has 0 fully saturated rings. The first-order valence-corrected chi connectivity index (χ1v) is 5.24. The molecular formula is C12H13ClN3+. The zero-order valence-corrected chi connectivity index (χ0v) is 10.1. The molecule has 16 heavy (non-hydrogen) atoms. The van der Waals surface area contributed by atoms with E-state index in [1.807, 2.05) is 26.2 Å². The third-order valence-corrected chi connectivity index (χ3v) is 2.74. The van der Waals surface area contributed by atoms with Gasteiger partial charge in [-0.2, -0.15) is 10.5 Å². The second kappa shape index (κ2) is 4.99. The fraction of sp³-hybridized carbons (Fsp3) is 0.333. The van der Waals surface area contributed by atoms with Crippen molar-refractivity contribution in [3.8, 4) is 12.1 Å². The molecule has 0 saturated carbocycles. The fourth-order valence-electron chi connectivity index (χ4n) is 1.55. The third-order valence-electron chi connectivity index (χ3n) is 2.49. The van der Waals surface area contributed by atoms with E-state index in [9.17, 15) is 5.26 Å². The van der Waals surface area contributed by atoms with Gasteiger partial charge in [-0.3, -0.25) is 4.48 Å². The second-order valence-electron chi connectivity index (χ2n) is 4.18. The molecule has 0 aliphatic rings. The van der Waals surface area contributed by atoms with Crippen molar-refractivity contribution in [2.75, 3.05) is 20.6 Å². The standard InChI is InChI=1S/C12H13ClN3/c1-16(2,8-7-14)12(9-15)10-3-5-11(13)6-4-10/h3-6,12H,8H2,1-2H3/q+1. The van der Waals surface area contributed by atoms with Crippen molar-refractivity contribution in [1.82, 2.24) is 0 Å². The van der Waals surface area contributed by atoms with Crippen molar-refractivity contribution < 1.29 is 4.48 Å². The molecule has 0 saturated heterocycles. The van der Waals surface area contributed by atoms with Gasteiger partial charge in [0.2, 0.25) is 6.04 Å². The highest BCUT2D eigenvalue weighted by atomic mass is 35.5. The molecule has 4 heteroatoms. The van der Waals surface area contributed by atoms with Crippen molar-refractivity contribution in [1.29, 1.82) is 10.5 Å². The molecule has 0 aliphatic carbocycles. The van der Waals surface area contributed by atoms with E-state index >= 15 is 0 Å². The van der Waals surface area contributed by atoms with Crippen LogP contribution in [0.3, 0.4) is 0 Å². The number of benzene rings is 1. The van der Waals surface area contributed by atoms with Gasteiger partial charge in [-0.15, -0.1) is 0 Å². The van der Waals surface area contributed by atoms with Gasteiger partial charge in [-0.05, 0) is 12.1 Å². The van der Waals surface area contributed by atoms with Crippen LogP contribution in [0, 0.1) is 22.7 Å². The monoisotopic (exact) mass is 234 g/mol. The normalized spacial score (nSPS) is 12.6.